The van der Waals surface area contributed by atoms with E-state index in [9.17, 15) is 4.79 Å². The Hall–Kier alpha value is -2.10. The van der Waals surface area contributed by atoms with Crippen LogP contribution in [-0.4, -0.2) is 17.4 Å². The molecule has 0 aliphatic heterocycles. The van der Waals surface area contributed by atoms with Gasteiger partial charge in [0.2, 0.25) is 11.8 Å². The van der Waals surface area contributed by atoms with Crippen LogP contribution in [0.4, 0.5) is 0 Å². The summed E-state index contributed by atoms with van der Waals surface area (Å²) in [6.07, 6.45) is 0.681. The Morgan fingerprint density at radius 3 is 2.65 bits per heavy atom. The Balaban J connectivity index is 2.00. The summed E-state index contributed by atoms with van der Waals surface area (Å²) in [5, 5.41) is 2.89. The Labute approximate surface area is 119 Å². The number of oxazole rings is 1. The summed E-state index contributed by atoms with van der Waals surface area (Å²) in [6.45, 7) is 6.24. The van der Waals surface area contributed by atoms with Gasteiger partial charge >= 0.3 is 0 Å². The molecule has 0 atom stereocenters. The highest BCUT2D eigenvalue weighted by atomic mass is 16.4. The molecule has 106 valence electrons. The second-order valence-electron chi connectivity index (χ2n) is 5.08. The predicted molar refractivity (Wildman–Crippen MR) is 78.2 cm³/mol. The third-order valence-electron chi connectivity index (χ3n) is 3.10. The van der Waals surface area contributed by atoms with Crippen molar-refractivity contribution in [3.63, 3.8) is 0 Å². The monoisotopic (exact) mass is 272 g/mol. The first-order valence-electron chi connectivity index (χ1n) is 6.87. The molecule has 20 heavy (non-hydrogen) atoms. The first kappa shape index (κ1) is 14.3. The Morgan fingerprint density at radius 2 is 2.00 bits per heavy atom. The zero-order valence-electron chi connectivity index (χ0n) is 12.1. The quantitative estimate of drug-likeness (QED) is 0.910. The molecule has 0 radical (unpaired) electrons. The lowest BCUT2D eigenvalue weighted by molar-refractivity contribution is -0.123. The molecular formula is C16H20N2O2. The fourth-order valence-electron chi connectivity index (χ4n) is 1.87. The number of rotatable bonds is 5. The summed E-state index contributed by atoms with van der Waals surface area (Å²) in [4.78, 5) is 16.0. The summed E-state index contributed by atoms with van der Waals surface area (Å²) >= 11 is 0. The number of benzene rings is 1. The van der Waals surface area contributed by atoms with Crippen LogP contribution in [0.15, 0.2) is 34.7 Å². The smallest absolute Gasteiger partial charge is 0.226 e. The number of aromatic nitrogens is 1. The van der Waals surface area contributed by atoms with Crippen molar-refractivity contribution in [1.82, 2.24) is 10.3 Å². The van der Waals surface area contributed by atoms with E-state index < -0.39 is 0 Å². The van der Waals surface area contributed by atoms with Gasteiger partial charge in [-0.25, -0.2) is 4.98 Å². The maximum absolute atomic E-state index is 11.5. The van der Waals surface area contributed by atoms with Gasteiger partial charge in [0.25, 0.3) is 0 Å². The summed E-state index contributed by atoms with van der Waals surface area (Å²) in [7, 11) is 0. The third kappa shape index (κ3) is 3.47. The van der Waals surface area contributed by atoms with Gasteiger partial charge in [-0.2, -0.15) is 0 Å². The topological polar surface area (TPSA) is 55.1 Å². The normalized spacial score (nSPS) is 10.8. The number of carbonyl (C=O) groups excluding carboxylic acids is 1. The Bertz CT molecular complexity index is 573. The van der Waals surface area contributed by atoms with Crippen LogP contribution in [0, 0.1) is 12.8 Å². The van der Waals surface area contributed by atoms with E-state index in [-0.39, 0.29) is 11.8 Å². The number of aryl methyl sites for hydroxylation is 1. The number of amides is 1. The van der Waals surface area contributed by atoms with E-state index in [0.29, 0.717) is 18.9 Å². The van der Waals surface area contributed by atoms with Crippen molar-refractivity contribution in [2.45, 2.75) is 27.2 Å². The van der Waals surface area contributed by atoms with Gasteiger partial charge in [-0.1, -0.05) is 32.0 Å². The lowest BCUT2D eigenvalue weighted by Gasteiger charge is -2.06. The van der Waals surface area contributed by atoms with E-state index in [2.05, 4.69) is 10.3 Å². The zero-order valence-corrected chi connectivity index (χ0v) is 12.1. The molecule has 1 aromatic carbocycles. The van der Waals surface area contributed by atoms with Crippen molar-refractivity contribution in [3.05, 3.63) is 41.8 Å². The first-order chi connectivity index (χ1) is 9.58. The summed E-state index contributed by atoms with van der Waals surface area (Å²) in [5.74, 6) is 1.51. The largest absolute Gasteiger partial charge is 0.441 e. The van der Waals surface area contributed by atoms with Crippen molar-refractivity contribution in [2.75, 3.05) is 6.54 Å². The average molecular weight is 272 g/mol. The van der Waals surface area contributed by atoms with E-state index in [0.717, 1.165) is 17.0 Å². The van der Waals surface area contributed by atoms with Gasteiger partial charge in [0, 0.05) is 24.4 Å². The molecule has 4 heteroatoms. The van der Waals surface area contributed by atoms with Gasteiger partial charge < -0.3 is 9.73 Å². The van der Waals surface area contributed by atoms with Gasteiger partial charge in [-0.05, 0) is 19.1 Å². The maximum atomic E-state index is 11.5. The lowest BCUT2D eigenvalue weighted by atomic mass is 10.2. The fraction of sp³-hybridized carbons (Fsp3) is 0.375. The molecule has 0 aliphatic carbocycles. The van der Waals surface area contributed by atoms with E-state index in [1.807, 2.05) is 51.1 Å². The molecule has 1 N–H and O–H groups in total. The standard InChI is InChI=1S/C16H20N2O2/c1-11(2)15(19)17-10-9-14-12(3)20-16(18-14)13-7-5-4-6-8-13/h4-8,11H,9-10H2,1-3H3,(H,17,19). The second-order valence-corrected chi connectivity index (χ2v) is 5.08. The second kappa shape index (κ2) is 6.37. The molecule has 0 bridgehead atoms. The van der Waals surface area contributed by atoms with Crippen LogP contribution in [0.5, 0.6) is 0 Å². The highest BCUT2D eigenvalue weighted by Gasteiger charge is 2.12. The van der Waals surface area contributed by atoms with E-state index in [4.69, 9.17) is 4.42 Å². The molecule has 1 aromatic heterocycles. The number of nitrogens with zero attached hydrogens (tertiary/aromatic N) is 1. The maximum Gasteiger partial charge on any atom is 0.226 e. The molecule has 0 spiro atoms. The molecule has 2 aromatic rings. The lowest BCUT2D eigenvalue weighted by Crippen LogP contribution is -2.29. The molecule has 0 saturated carbocycles. The van der Waals surface area contributed by atoms with Crippen LogP contribution in [0.3, 0.4) is 0 Å². The SMILES string of the molecule is Cc1oc(-c2ccccc2)nc1CCNC(=O)C(C)C. The highest BCUT2D eigenvalue weighted by Crippen LogP contribution is 2.21. The molecule has 0 saturated heterocycles. The van der Waals surface area contributed by atoms with E-state index in [1.54, 1.807) is 0 Å². The third-order valence-corrected chi connectivity index (χ3v) is 3.10. The van der Waals surface area contributed by atoms with Crippen LogP contribution in [0.2, 0.25) is 0 Å². The number of hydrogen-bond donors (Lipinski definition) is 1. The molecule has 1 heterocycles. The zero-order chi connectivity index (χ0) is 14.5. The van der Waals surface area contributed by atoms with Crippen molar-refractivity contribution in [3.8, 4) is 11.5 Å². The minimum Gasteiger partial charge on any atom is -0.441 e. The summed E-state index contributed by atoms with van der Waals surface area (Å²) in [6, 6.07) is 9.81. The average Bonchev–Trinajstić information content (AvgIpc) is 2.81. The highest BCUT2D eigenvalue weighted by molar-refractivity contribution is 5.77. The van der Waals surface area contributed by atoms with E-state index >= 15 is 0 Å². The molecule has 1 amide bonds. The Morgan fingerprint density at radius 1 is 1.30 bits per heavy atom. The van der Waals surface area contributed by atoms with Gasteiger partial charge in [0.15, 0.2) is 0 Å². The van der Waals surface area contributed by atoms with Crippen LogP contribution < -0.4 is 5.32 Å². The summed E-state index contributed by atoms with van der Waals surface area (Å²) < 4.78 is 5.68. The van der Waals surface area contributed by atoms with Crippen LogP contribution >= 0.6 is 0 Å². The molecular weight excluding hydrogens is 252 g/mol. The number of carbonyl (C=O) groups is 1. The molecule has 0 aliphatic rings. The summed E-state index contributed by atoms with van der Waals surface area (Å²) in [5.41, 5.74) is 1.86. The Kier molecular flexibility index (Phi) is 4.56. The van der Waals surface area contributed by atoms with Crippen molar-refractivity contribution < 1.29 is 9.21 Å². The van der Waals surface area contributed by atoms with Gasteiger partial charge in [0.05, 0.1) is 5.69 Å². The number of hydrogen-bond acceptors (Lipinski definition) is 3. The minimum absolute atomic E-state index is 0.00767. The van der Waals surface area contributed by atoms with Gasteiger partial charge in [0.1, 0.15) is 5.76 Å². The van der Waals surface area contributed by atoms with Crippen LogP contribution in [0.25, 0.3) is 11.5 Å². The van der Waals surface area contributed by atoms with Crippen molar-refractivity contribution in [1.29, 1.82) is 0 Å². The van der Waals surface area contributed by atoms with Crippen LogP contribution in [-0.2, 0) is 11.2 Å². The molecule has 0 fully saturated rings. The van der Waals surface area contributed by atoms with Gasteiger partial charge in [-0.15, -0.1) is 0 Å². The van der Waals surface area contributed by atoms with Gasteiger partial charge in [-0.3, -0.25) is 4.79 Å². The predicted octanol–water partition coefficient (Wildman–Crippen LogP) is 2.96. The fourth-order valence-corrected chi connectivity index (χ4v) is 1.87. The van der Waals surface area contributed by atoms with E-state index in [1.165, 1.54) is 0 Å². The van der Waals surface area contributed by atoms with Crippen molar-refractivity contribution >= 4 is 5.91 Å². The van der Waals surface area contributed by atoms with Crippen molar-refractivity contribution in [2.24, 2.45) is 5.92 Å². The number of nitrogens with one attached hydrogen (secondary N) is 1. The molecule has 4 nitrogen and oxygen atoms in total. The minimum atomic E-state index is 0.00767. The van der Waals surface area contributed by atoms with Crippen LogP contribution in [0.1, 0.15) is 25.3 Å². The first-order valence-corrected chi connectivity index (χ1v) is 6.87. The molecule has 0 unspecified atom stereocenters. The molecule has 2 rings (SSSR count).